The van der Waals surface area contributed by atoms with Crippen LogP contribution < -0.4 is 4.74 Å². The van der Waals surface area contributed by atoms with Gasteiger partial charge in [-0.2, -0.15) is 0 Å². The first-order valence-electron chi connectivity index (χ1n) is 5.80. The van der Waals surface area contributed by atoms with Gasteiger partial charge in [-0.1, -0.05) is 36.4 Å². The monoisotopic (exact) mass is 324 g/mol. The van der Waals surface area contributed by atoms with Gasteiger partial charge in [0.15, 0.2) is 0 Å². The van der Waals surface area contributed by atoms with E-state index in [9.17, 15) is 0 Å². The summed E-state index contributed by atoms with van der Waals surface area (Å²) in [5, 5.41) is 0. The van der Waals surface area contributed by atoms with Crippen molar-refractivity contribution in [2.45, 2.75) is 12.3 Å². The maximum atomic E-state index is 5.77. The van der Waals surface area contributed by atoms with Crippen LogP contribution in [0.1, 0.15) is 11.1 Å². The fraction of sp³-hybridized carbons (Fsp3) is 0.200. The van der Waals surface area contributed by atoms with Gasteiger partial charge in [0.25, 0.3) is 0 Å². The van der Waals surface area contributed by atoms with Gasteiger partial charge in [-0.3, -0.25) is 0 Å². The maximum Gasteiger partial charge on any atom is 0.133 e. The highest BCUT2D eigenvalue weighted by Crippen LogP contribution is 2.26. The van der Waals surface area contributed by atoms with E-state index >= 15 is 0 Å². The van der Waals surface area contributed by atoms with Gasteiger partial charge >= 0.3 is 0 Å². The molecule has 0 bridgehead atoms. The number of hydrogen-bond donors (Lipinski definition) is 0. The fourth-order valence-electron chi connectivity index (χ4n) is 1.67. The zero-order chi connectivity index (χ0) is 12.8. The molecule has 0 radical (unpaired) electrons. The molecule has 18 heavy (non-hydrogen) atoms. The minimum absolute atomic E-state index is 0.517. The normalized spacial score (nSPS) is 10.3. The second-order valence-electron chi connectivity index (χ2n) is 3.98. The molecule has 0 unspecified atom stereocenters. The molecule has 94 valence electrons. The minimum atomic E-state index is 0.517. The molecule has 0 aromatic heterocycles. The lowest BCUT2D eigenvalue weighted by Gasteiger charge is -2.09. The van der Waals surface area contributed by atoms with E-state index in [0.29, 0.717) is 12.5 Å². The molecule has 0 fully saturated rings. The molecule has 3 heteroatoms. The summed E-state index contributed by atoms with van der Waals surface area (Å²) in [6.07, 6.45) is 0.907. The van der Waals surface area contributed by atoms with Crippen LogP contribution in [0.3, 0.4) is 0 Å². The van der Waals surface area contributed by atoms with Crippen LogP contribution in [0, 0.1) is 0 Å². The largest absolute Gasteiger partial charge is 0.492 e. The molecule has 0 atom stereocenters. The van der Waals surface area contributed by atoms with E-state index in [0.717, 1.165) is 22.2 Å². The van der Waals surface area contributed by atoms with E-state index in [2.05, 4.69) is 28.1 Å². The van der Waals surface area contributed by atoms with E-state index in [1.54, 1.807) is 0 Å². The van der Waals surface area contributed by atoms with Gasteiger partial charge in [0, 0.05) is 12.3 Å². The molecule has 2 rings (SSSR count). The number of ether oxygens (including phenoxy) is 1. The fourth-order valence-corrected chi connectivity index (χ4v) is 2.37. The van der Waals surface area contributed by atoms with Crippen LogP contribution in [0.15, 0.2) is 53.0 Å². The number of hydrogen-bond acceptors (Lipinski definition) is 1. The van der Waals surface area contributed by atoms with Gasteiger partial charge in [-0.05, 0) is 39.2 Å². The highest BCUT2D eigenvalue weighted by Gasteiger charge is 2.02. The smallest absolute Gasteiger partial charge is 0.133 e. The van der Waals surface area contributed by atoms with E-state index in [1.807, 2.05) is 36.4 Å². The average Bonchev–Trinajstić information content (AvgIpc) is 2.42. The molecule has 0 aliphatic carbocycles. The van der Waals surface area contributed by atoms with Crippen LogP contribution in [-0.4, -0.2) is 6.61 Å². The number of benzene rings is 2. The van der Waals surface area contributed by atoms with Gasteiger partial charge in [0.05, 0.1) is 11.1 Å². The Bertz CT molecular complexity index is 499. The number of halogens is 2. The first-order chi connectivity index (χ1) is 8.79. The van der Waals surface area contributed by atoms with Crippen molar-refractivity contribution in [3.8, 4) is 5.75 Å². The van der Waals surface area contributed by atoms with E-state index in [4.69, 9.17) is 16.3 Å². The van der Waals surface area contributed by atoms with E-state index in [1.165, 1.54) is 5.56 Å². The Morgan fingerprint density at radius 3 is 2.44 bits per heavy atom. The summed E-state index contributed by atoms with van der Waals surface area (Å²) >= 11 is 9.26. The lowest BCUT2D eigenvalue weighted by Crippen LogP contribution is -2.01. The van der Waals surface area contributed by atoms with Crippen LogP contribution in [0.2, 0.25) is 0 Å². The van der Waals surface area contributed by atoms with Crippen LogP contribution in [0.5, 0.6) is 5.75 Å². The molecule has 2 aromatic rings. The maximum absolute atomic E-state index is 5.77. The average molecular weight is 326 g/mol. The molecule has 0 aliphatic rings. The molecule has 0 N–H and O–H groups in total. The van der Waals surface area contributed by atoms with Crippen LogP contribution in [0.4, 0.5) is 0 Å². The predicted molar refractivity (Wildman–Crippen MR) is 79.3 cm³/mol. The van der Waals surface area contributed by atoms with Gasteiger partial charge in [0.1, 0.15) is 5.75 Å². The molecule has 1 nitrogen and oxygen atoms in total. The summed E-state index contributed by atoms with van der Waals surface area (Å²) in [6.45, 7) is 0.669. The Kier molecular flexibility index (Phi) is 5.09. The Morgan fingerprint density at radius 2 is 1.78 bits per heavy atom. The zero-order valence-corrected chi connectivity index (χ0v) is 12.2. The Labute approximate surface area is 121 Å². The lowest BCUT2D eigenvalue weighted by molar-refractivity contribution is 0.320. The summed E-state index contributed by atoms with van der Waals surface area (Å²) in [6, 6.07) is 16.2. The Morgan fingerprint density at radius 1 is 1.00 bits per heavy atom. The SMILES string of the molecule is ClCc1ccc(OCCc2ccccc2)c(Br)c1. The quantitative estimate of drug-likeness (QED) is 0.717. The molecular formula is C15H14BrClO. The summed E-state index contributed by atoms with van der Waals surface area (Å²) < 4.78 is 6.70. The van der Waals surface area contributed by atoms with Crippen molar-refractivity contribution in [3.05, 3.63) is 64.1 Å². The third-order valence-corrected chi connectivity index (χ3v) is 3.57. The van der Waals surface area contributed by atoms with Crippen LogP contribution >= 0.6 is 27.5 Å². The third kappa shape index (κ3) is 3.76. The number of alkyl halides is 1. The Hall–Kier alpha value is -0.990. The summed E-state index contributed by atoms with van der Waals surface area (Å²) in [5.74, 6) is 1.38. The molecule has 0 heterocycles. The van der Waals surface area contributed by atoms with Crippen molar-refractivity contribution in [1.82, 2.24) is 0 Å². The zero-order valence-electron chi connectivity index (χ0n) is 9.90. The van der Waals surface area contributed by atoms with E-state index in [-0.39, 0.29) is 0 Å². The van der Waals surface area contributed by atoms with Crippen molar-refractivity contribution < 1.29 is 4.74 Å². The van der Waals surface area contributed by atoms with Crippen LogP contribution in [-0.2, 0) is 12.3 Å². The van der Waals surface area contributed by atoms with Gasteiger partial charge in [0.2, 0.25) is 0 Å². The standard InChI is InChI=1S/C15H14BrClO/c16-14-10-13(11-17)6-7-15(14)18-9-8-12-4-2-1-3-5-12/h1-7,10H,8-9,11H2. The molecule has 0 saturated heterocycles. The van der Waals surface area contributed by atoms with Crippen molar-refractivity contribution in [3.63, 3.8) is 0 Å². The Balaban J connectivity index is 1.91. The summed E-state index contributed by atoms with van der Waals surface area (Å²) in [5.41, 5.74) is 2.37. The predicted octanol–water partition coefficient (Wildman–Crippen LogP) is 4.81. The topological polar surface area (TPSA) is 9.23 Å². The highest BCUT2D eigenvalue weighted by atomic mass is 79.9. The second-order valence-corrected chi connectivity index (χ2v) is 5.10. The van der Waals surface area contributed by atoms with Gasteiger partial charge < -0.3 is 4.74 Å². The summed E-state index contributed by atoms with van der Waals surface area (Å²) in [4.78, 5) is 0. The first kappa shape index (κ1) is 13.4. The van der Waals surface area contributed by atoms with Gasteiger partial charge in [-0.15, -0.1) is 11.6 Å². The lowest BCUT2D eigenvalue weighted by atomic mass is 10.2. The molecule has 0 aliphatic heterocycles. The van der Waals surface area contributed by atoms with Crippen LogP contribution in [0.25, 0.3) is 0 Å². The molecule has 2 aromatic carbocycles. The summed E-state index contributed by atoms with van der Waals surface area (Å²) in [7, 11) is 0. The van der Waals surface area contributed by atoms with Crippen molar-refractivity contribution in [2.75, 3.05) is 6.61 Å². The second kappa shape index (κ2) is 6.81. The van der Waals surface area contributed by atoms with Crippen molar-refractivity contribution in [2.24, 2.45) is 0 Å². The molecular weight excluding hydrogens is 312 g/mol. The van der Waals surface area contributed by atoms with Gasteiger partial charge in [-0.25, -0.2) is 0 Å². The molecule has 0 saturated carbocycles. The van der Waals surface area contributed by atoms with E-state index < -0.39 is 0 Å². The minimum Gasteiger partial charge on any atom is -0.492 e. The first-order valence-corrected chi connectivity index (χ1v) is 7.13. The third-order valence-electron chi connectivity index (χ3n) is 2.64. The number of rotatable bonds is 5. The molecule has 0 spiro atoms. The van der Waals surface area contributed by atoms with Crippen molar-refractivity contribution >= 4 is 27.5 Å². The molecule has 0 amide bonds. The highest BCUT2D eigenvalue weighted by molar-refractivity contribution is 9.10. The van der Waals surface area contributed by atoms with Crippen molar-refractivity contribution in [1.29, 1.82) is 0 Å².